The lowest BCUT2D eigenvalue weighted by atomic mass is 10.1. The van der Waals surface area contributed by atoms with Gasteiger partial charge >= 0.3 is 5.91 Å². The van der Waals surface area contributed by atoms with Gasteiger partial charge < -0.3 is 9.67 Å². The molecule has 4 rings (SSSR count). The number of rotatable bonds is 6. The van der Waals surface area contributed by atoms with Crippen LogP contribution < -0.4 is 9.28 Å². The van der Waals surface area contributed by atoms with E-state index in [1.807, 2.05) is 11.6 Å². The molecule has 2 heterocycles. The molecule has 1 aromatic heterocycles. The van der Waals surface area contributed by atoms with Crippen molar-refractivity contribution < 1.29 is 18.3 Å². The van der Waals surface area contributed by atoms with Crippen LogP contribution in [-0.2, 0) is 28.3 Å². The molecule has 1 amide bonds. The Labute approximate surface area is 208 Å². The van der Waals surface area contributed by atoms with Crippen LogP contribution in [0.25, 0.3) is 10.8 Å². The van der Waals surface area contributed by atoms with Crippen LogP contribution in [0, 0.1) is 0 Å². The molecule has 1 N–H and O–H groups in total. The van der Waals surface area contributed by atoms with Gasteiger partial charge in [-0.05, 0) is 65.6 Å². The number of hydrogen-bond acceptors (Lipinski definition) is 6. The van der Waals surface area contributed by atoms with Crippen molar-refractivity contribution in [2.45, 2.75) is 37.2 Å². The van der Waals surface area contributed by atoms with Gasteiger partial charge in [-0.15, -0.1) is 0 Å². The van der Waals surface area contributed by atoms with Gasteiger partial charge in [0.2, 0.25) is 5.00 Å². The summed E-state index contributed by atoms with van der Waals surface area (Å²) in [5.74, 6) is -0.392. The second-order valence-corrected chi connectivity index (χ2v) is 12.2. The Bertz CT molecular complexity index is 1400. The molecule has 0 saturated carbocycles. The highest BCUT2D eigenvalue weighted by Crippen LogP contribution is 2.36. The normalized spacial score (nSPS) is 16.8. The maximum atomic E-state index is 13.7. The second-order valence-electron chi connectivity index (χ2n) is 8.67. The number of benzene rings is 2. The minimum atomic E-state index is -3.66. The summed E-state index contributed by atoms with van der Waals surface area (Å²) < 4.78 is 28.2. The van der Waals surface area contributed by atoms with Crippen LogP contribution in [0.4, 0.5) is 5.00 Å². The minimum Gasteiger partial charge on any atom is -0.390 e. The molecule has 7 nitrogen and oxygen atoms in total. The number of thiazole rings is 1. The van der Waals surface area contributed by atoms with Gasteiger partial charge in [0.25, 0.3) is 0 Å². The molecule has 0 atom stereocenters. The monoisotopic (exact) mass is 522 g/mol. The van der Waals surface area contributed by atoms with E-state index in [-0.39, 0.29) is 34.1 Å². The first kappa shape index (κ1) is 25.1. The van der Waals surface area contributed by atoms with E-state index in [4.69, 9.17) is 11.6 Å². The fourth-order valence-electron chi connectivity index (χ4n) is 4.74. The van der Waals surface area contributed by atoms with Crippen LogP contribution in [0.5, 0.6) is 0 Å². The number of quaternary nitrogens is 1. The molecule has 0 bridgehead atoms. The van der Waals surface area contributed by atoms with E-state index in [0.29, 0.717) is 23.8 Å². The molecule has 3 aromatic rings. The molecule has 1 aliphatic rings. The number of nitrogens with zero attached hydrogens (tertiary/aromatic N) is 3. The lowest BCUT2D eigenvalue weighted by molar-refractivity contribution is -0.130. The quantitative estimate of drug-likeness (QED) is 0.499. The Morgan fingerprint density at radius 1 is 1.15 bits per heavy atom. The van der Waals surface area contributed by atoms with Crippen molar-refractivity contribution in [3.05, 3.63) is 51.9 Å². The number of piperidine rings is 1. The van der Waals surface area contributed by atoms with Gasteiger partial charge in [-0.1, -0.05) is 23.7 Å². The van der Waals surface area contributed by atoms with E-state index in [1.165, 1.54) is 11.3 Å². The predicted molar refractivity (Wildman–Crippen MR) is 137 cm³/mol. The average molecular weight is 523 g/mol. The van der Waals surface area contributed by atoms with Gasteiger partial charge in [0.15, 0.2) is 14.6 Å². The number of hydrogen-bond donors (Lipinski definition) is 1. The highest BCUT2D eigenvalue weighted by molar-refractivity contribution is 7.91. The Hall–Kier alpha value is -2.04. The molecule has 10 heteroatoms. The number of halogens is 1. The lowest BCUT2D eigenvalue weighted by Crippen LogP contribution is -2.57. The van der Waals surface area contributed by atoms with Crippen LogP contribution in [0.15, 0.2) is 46.3 Å². The smallest absolute Gasteiger partial charge is 0.320 e. The van der Waals surface area contributed by atoms with E-state index in [9.17, 15) is 18.3 Å². The van der Waals surface area contributed by atoms with E-state index >= 15 is 0 Å². The first-order valence-electron chi connectivity index (χ1n) is 11.3. The third kappa shape index (κ3) is 4.59. The van der Waals surface area contributed by atoms with Crippen molar-refractivity contribution in [1.29, 1.82) is 0 Å². The Kier molecular flexibility index (Phi) is 7.30. The first-order chi connectivity index (χ1) is 16.2. The fourth-order valence-corrected chi connectivity index (χ4v) is 7.47. The number of aliphatic hydroxyl groups excluding tert-OH is 1. The fraction of sp³-hybridized carbons (Fsp3) is 0.417. The summed E-state index contributed by atoms with van der Waals surface area (Å²) in [5.41, 5.74) is 0.664. The summed E-state index contributed by atoms with van der Waals surface area (Å²) in [5, 5.41) is 13.1. The molecule has 0 spiro atoms. The van der Waals surface area contributed by atoms with Gasteiger partial charge in [-0.2, -0.15) is 0 Å². The Morgan fingerprint density at radius 2 is 1.82 bits per heavy atom. The molecule has 0 radical (unpaired) electrons. The van der Waals surface area contributed by atoms with E-state index < -0.39 is 9.84 Å². The molecule has 1 saturated heterocycles. The molecule has 2 aromatic carbocycles. The number of carbonyl (C=O) groups excluding carboxylic acids is 1. The molecule has 34 heavy (non-hydrogen) atoms. The maximum absolute atomic E-state index is 13.7. The number of aromatic nitrogens is 1. The zero-order valence-corrected chi connectivity index (χ0v) is 21.7. The van der Waals surface area contributed by atoms with Crippen molar-refractivity contribution in [2.75, 3.05) is 25.9 Å². The summed E-state index contributed by atoms with van der Waals surface area (Å²) in [6.07, 6.45) is 2.68. The van der Waals surface area contributed by atoms with Crippen LogP contribution in [-0.4, -0.2) is 49.9 Å². The highest BCUT2D eigenvalue weighted by atomic mass is 35.5. The van der Waals surface area contributed by atoms with Crippen LogP contribution in [0.1, 0.15) is 31.4 Å². The first-order valence-corrected chi connectivity index (χ1v) is 14.1. The molecule has 1 aliphatic heterocycles. The number of carbonyl (C=O) groups is 1. The lowest BCUT2D eigenvalue weighted by Gasteiger charge is -2.37. The third-order valence-electron chi connectivity index (χ3n) is 6.63. The number of likely N-dealkylation sites (tertiary alicyclic amines) is 1. The van der Waals surface area contributed by atoms with E-state index in [1.54, 1.807) is 43.4 Å². The van der Waals surface area contributed by atoms with Crippen molar-refractivity contribution >= 4 is 54.5 Å². The van der Waals surface area contributed by atoms with Crippen molar-refractivity contribution in [3.8, 4) is 0 Å². The van der Waals surface area contributed by atoms with Crippen LogP contribution >= 0.6 is 22.9 Å². The van der Waals surface area contributed by atoms with Gasteiger partial charge in [-0.3, -0.25) is 4.99 Å². The third-order valence-corrected chi connectivity index (χ3v) is 10.00. The summed E-state index contributed by atoms with van der Waals surface area (Å²) in [6.45, 7) is 1.00. The summed E-state index contributed by atoms with van der Waals surface area (Å²) in [7, 11) is -0.148. The van der Waals surface area contributed by atoms with Crippen LogP contribution in [0.3, 0.4) is 0 Å². The molecular weight excluding hydrogens is 494 g/mol. The van der Waals surface area contributed by atoms with E-state index in [0.717, 1.165) is 39.8 Å². The van der Waals surface area contributed by atoms with E-state index in [2.05, 4.69) is 4.99 Å². The summed E-state index contributed by atoms with van der Waals surface area (Å²) in [6, 6.07) is 10.3. The number of aliphatic hydroxyl groups is 1. The predicted octanol–water partition coefficient (Wildman–Crippen LogP) is 3.80. The van der Waals surface area contributed by atoms with Crippen molar-refractivity contribution in [1.82, 2.24) is 9.05 Å². The molecule has 182 valence electrons. The standard InChI is InChI=1S/C24H29ClN3O4S2/c1-26-24-27(2)21(16-29)23(33-24)28(11-4-3-5-12-28)22(30)10-13-34(31,32)20-9-7-17-14-19(25)8-6-18(17)15-20/h6-9,14-15,29H,3-5,10-13,16H2,1-2H3/q+1. The largest absolute Gasteiger partial charge is 0.390 e. The maximum Gasteiger partial charge on any atom is 0.320 e. The number of fused-ring (bicyclic) bond motifs is 1. The molecule has 0 aliphatic carbocycles. The van der Waals surface area contributed by atoms with Crippen molar-refractivity contribution in [3.63, 3.8) is 0 Å². The van der Waals surface area contributed by atoms with Gasteiger partial charge in [0.1, 0.15) is 5.69 Å². The highest BCUT2D eigenvalue weighted by Gasteiger charge is 2.44. The SMILES string of the molecule is CN=c1sc([N+]2(C(=O)CCS(=O)(=O)c3ccc4cc(Cl)ccc4c3)CCCCC2)c(CO)n1C. The zero-order valence-electron chi connectivity index (χ0n) is 19.3. The summed E-state index contributed by atoms with van der Waals surface area (Å²) in [4.78, 5) is 18.9. The van der Waals surface area contributed by atoms with Crippen molar-refractivity contribution in [2.24, 2.45) is 12.0 Å². The van der Waals surface area contributed by atoms with Gasteiger partial charge in [0, 0.05) is 19.1 Å². The number of sulfone groups is 1. The average Bonchev–Trinajstić information content (AvgIpc) is 3.18. The van der Waals surface area contributed by atoms with Gasteiger partial charge in [-0.25, -0.2) is 17.7 Å². The molecule has 1 fully saturated rings. The minimum absolute atomic E-state index is 0.0790. The molecular formula is C24H29ClN3O4S2+. The Morgan fingerprint density at radius 3 is 2.50 bits per heavy atom. The topological polar surface area (TPSA) is 88.7 Å². The van der Waals surface area contributed by atoms with Crippen LogP contribution in [0.2, 0.25) is 5.02 Å². The molecule has 0 unspecified atom stereocenters. The summed E-state index contributed by atoms with van der Waals surface area (Å²) >= 11 is 7.44. The second kappa shape index (κ2) is 9.91. The Balaban J connectivity index is 1.64. The zero-order chi connectivity index (χ0) is 24.5. The number of amides is 1. The van der Waals surface area contributed by atoms with Gasteiger partial charge in [0.05, 0.1) is 36.8 Å².